The second kappa shape index (κ2) is 14.1. The van der Waals surface area contributed by atoms with Gasteiger partial charge >= 0.3 is 17.8 Å². The number of carbonyl (C=O) groups is 5. The van der Waals surface area contributed by atoms with Gasteiger partial charge in [-0.3, -0.25) is 24.0 Å². The van der Waals surface area contributed by atoms with Crippen molar-refractivity contribution in [3.63, 3.8) is 0 Å². The fraction of sp³-hybridized carbons (Fsp3) is 0.452. The van der Waals surface area contributed by atoms with Gasteiger partial charge in [-0.2, -0.15) is 8.78 Å². The predicted octanol–water partition coefficient (Wildman–Crippen LogP) is 4.11. The minimum absolute atomic E-state index is 0.0529. The second-order valence-corrected chi connectivity index (χ2v) is 12.2. The maximum Gasteiger partial charge on any atom is 0.313 e. The highest BCUT2D eigenvalue weighted by Crippen LogP contribution is 2.32. The molecule has 2 aromatic rings. The molecule has 10 nitrogen and oxygen atoms in total. The lowest BCUT2D eigenvalue weighted by molar-refractivity contribution is -0.146. The molecule has 244 valence electrons. The van der Waals surface area contributed by atoms with E-state index in [1.807, 2.05) is 32.9 Å². The summed E-state index contributed by atoms with van der Waals surface area (Å²) in [5.74, 6) is -14.2. The molecule has 0 aromatic heterocycles. The van der Waals surface area contributed by atoms with Crippen LogP contribution in [0.1, 0.15) is 58.9 Å². The maximum atomic E-state index is 14.0. The van der Waals surface area contributed by atoms with Crippen LogP contribution in [0.3, 0.4) is 0 Å². The molecule has 0 saturated carbocycles. The van der Waals surface area contributed by atoms with Gasteiger partial charge in [0.15, 0.2) is 23.2 Å². The number of benzene rings is 2. The quantitative estimate of drug-likeness (QED) is 0.214. The van der Waals surface area contributed by atoms with Crippen molar-refractivity contribution in [1.82, 2.24) is 10.2 Å². The Hall–Kier alpha value is -4.49. The second-order valence-electron chi connectivity index (χ2n) is 12.2. The monoisotopic (exact) mass is 637 g/mol. The molecule has 2 aromatic carbocycles. The Balaban J connectivity index is 1.75. The molecule has 1 fully saturated rings. The smallest absolute Gasteiger partial charge is 0.313 e. The Labute approximate surface area is 257 Å². The van der Waals surface area contributed by atoms with Crippen LogP contribution in [0.25, 0.3) is 0 Å². The fourth-order valence-electron chi connectivity index (χ4n) is 5.00. The van der Waals surface area contributed by atoms with E-state index in [2.05, 4.69) is 15.4 Å². The average Bonchev–Trinajstić information content (AvgIpc) is 3.17. The number of ether oxygens (including phenoxy) is 1. The van der Waals surface area contributed by atoms with E-state index in [4.69, 9.17) is 0 Å². The SMILES string of the molecule is CC(C)(C)c1ccccc1NC(=O)C(=O)N1CCCC[C@@](C)(C(=O)N[C@@H](CC(=O)O)C(=O)COc2c(F)c(F)cc(F)c2F)C1. The van der Waals surface area contributed by atoms with Crippen LogP contribution < -0.4 is 15.4 Å². The van der Waals surface area contributed by atoms with Gasteiger partial charge in [-0.05, 0) is 36.8 Å². The van der Waals surface area contributed by atoms with Gasteiger partial charge in [0, 0.05) is 24.8 Å². The Bertz CT molecular complexity index is 1470. The van der Waals surface area contributed by atoms with E-state index in [1.165, 1.54) is 11.8 Å². The first-order valence-electron chi connectivity index (χ1n) is 14.2. The van der Waals surface area contributed by atoms with Crippen molar-refractivity contribution in [3.05, 3.63) is 59.2 Å². The van der Waals surface area contributed by atoms with Crippen molar-refractivity contribution in [2.75, 3.05) is 25.0 Å². The molecule has 0 bridgehead atoms. The minimum atomic E-state index is -1.90. The van der Waals surface area contributed by atoms with Gasteiger partial charge in [-0.25, -0.2) is 8.78 Å². The Morgan fingerprint density at radius 2 is 1.64 bits per heavy atom. The third-order valence-electron chi connectivity index (χ3n) is 7.46. The number of carboxylic acid groups (broad SMARTS) is 1. The first-order valence-corrected chi connectivity index (χ1v) is 14.2. The van der Waals surface area contributed by atoms with E-state index in [0.717, 1.165) is 5.56 Å². The van der Waals surface area contributed by atoms with Crippen LogP contribution in [0.2, 0.25) is 0 Å². The van der Waals surface area contributed by atoms with Crippen molar-refractivity contribution in [2.45, 2.75) is 64.8 Å². The highest BCUT2D eigenvalue weighted by Gasteiger charge is 2.41. The standard InChI is InChI=1S/C31H35F4N3O7/c1-30(2,3)17-9-5-6-10-20(17)36-27(42)28(43)38-12-8-7-11-31(4,16-38)29(44)37-21(14-23(40)41)22(39)15-45-26-24(34)18(32)13-19(33)25(26)35/h5-6,9-10,13,21H,7-8,11-12,14-16H2,1-4H3,(H,36,42)(H,37,44)(H,40,41)/t21-,31+/m0/s1. The number of para-hydroxylation sites is 1. The Morgan fingerprint density at radius 3 is 2.24 bits per heavy atom. The van der Waals surface area contributed by atoms with Crippen LogP contribution in [-0.4, -0.2) is 65.2 Å². The molecule has 2 atom stereocenters. The van der Waals surface area contributed by atoms with Crippen molar-refractivity contribution in [3.8, 4) is 5.75 Å². The lowest BCUT2D eigenvalue weighted by Gasteiger charge is -2.33. The molecule has 3 amide bonds. The molecule has 1 heterocycles. The van der Waals surface area contributed by atoms with Gasteiger partial charge in [-0.15, -0.1) is 0 Å². The number of amides is 3. The molecule has 1 aliphatic heterocycles. The summed E-state index contributed by atoms with van der Waals surface area (Å²) in [6, 6.07) is 5.21. The summed E-state index contributed by atoms with van der Waals surface area (Å²) in [5.41, 5.74) is -0.455. The van der Waals surface area contributed by atoms with E-state index >= 15 is 0 Å². The number of hydrogen-bond donors (Lipinski definition) is 3. The summed E-state index contributed by atoms with van der Waals surface area (Å²) in [5, 5.41) is 14.3. The number of hydrogen-bond acceptors (Lipinski definition) is 6. The highest BCUT2D eigenvalue weighted by molar-refractivity contribution is 6.39. The van der Waals surface area contributed by atoms with E-state index in [0.29, 0.717) is 18.5 Å². The molecule has 3 N–H and O–H groups in total. The lowest BCUT2D eigenvalue weighted by Crippen LogP contribution is -2.53. The van der Waals surface area contributed by atoms with Crippen molar-refractivity contribution in [2.24, 2.45) is 5.41 Å². The number of likely N-dealkylation sites (tertiary alicyclic amines) is 1. The first kappa shape index (κ1) is 35.0. The van der Waals surface area contributed by atoms with E-state index in [9.17, 15) is 46.6 Å². The highest BCUT2D eigenvalue weighted by atomic mass is 19.2. The minimum Gasteiger partial charge on any atom is -0.481 e. The number of rotatable bonds is 9. The van der Waals surface area contributed by atoms with Crippen molar-refractivity contribution >= 4 is 35.2 Å². The number of ketones is 1. The number of halogens is 4. The maximum absolute atomic E-state index is 14.0. The molecule has 1 saturated heterocycles. The van der Waals surface area contributed by atoms with Gasteiger partial charge in [0.1, 0.15) is 12.6 Å². The summed E-state index contributed by atoms with van der Waals surface area (Å²) in [4.78, 5) is 65.2. The molecule has 1 aliphatic rings. The summed E-state index contributed by atoms with van der Waals surface area (Å²) in [6.45, 7) is 6.02. The molecular formula is C31H35F4N3O7. The van der Waals surface area contributed by atoms with Gasteiger partial charge in [0.05, 0.1) is 11.8 Å². The summed E-state index contributed by atoms with van der Waals surface area (Å²) in [7, 11) is 0. The van der Waals surface area contributed by atoms with Crippen LogP contribution in [0.5, 0.6) is 5.75 Å². The molecule has 45 heavy (non-hydrogen) atoms. The van der Waals surface area contributed by atoms with Crippen LogP contribution in [0, 0.1) is 28.7 Å². The number of Topliss-reactive ketones (excluding diaryl/α,β-unsaturated/α-hetero) is 1. The summed E-state index contributed by atoms with van der Waals surface area (Å²) in [6.07, 6.45) is 0.158. The number of aliphatic carboxylic acids is 1. The van der Waals surface area contributed by atoms with Crippen LogP contribution in [-0.2, 0) is 29.4 Å². The predicted molar refractivity (Wildman–Crippen MR) is 153 cm³/mol. The number of nitrogens with one attached hydrogen (secondary N) is 2. The summed E-state index contributed by atoms with van der Waals surface area (Å²) < 4.78 is 59.6. The van der Waals surface area contributed by atoms with E-state index in [1.54, 1.807) is 12.1 Å². The third kappa shape index (κ3) is 8.58. The van der Waals surface area contributed by atoms with Gasteiger partial charge < -0.3 is 25.4 Å². The average molecular weight is 638 g/mol. The number of anilines is 1. The molecule has 0 unspecified atom stereocenters. The molecule has 3 rings (SSSR count). The number of carboxylic acids is 1. The van der Waals surface area contributed by atoms with Crippen LogP contribution >= 0.6 is 0 Å². The molecule has 0 spiro atoms. The molecule has 0 aliphatic carbocycles. The van der Waals surface area contributed by atoms with E-state index < -0.39 is 83.0 Å². The van der Waals surface area contributed by atoms with Crippen molar-refractivity contribution in [1.29, 1.82) is 0 Å². The van der Waals surface area contributed by atoms with Gasteiger partial charge in [-0.1, -0.05) is 45.4 Å². The molecule has 14 heteroatoms. The zero-order valence-electron chi connectivity index (χ0n) is 25.3. The van der Waals surface area contributed by atoms with E-state index in [-0.39, 0.29) is 31.0 Å². The number of carbonyl (C=O) groups excluding carboxylic acids is 4. The molecule has 0 radical (unpaired) electrons. The zero-order valence-corrected chi connectivity index (χ0v) is 25.3. The van der Waals surface area contributed by atoms with Gasteiger partial charge in [0.2, 0.25) is 17.5 Å². The largest absolute Gasteiger partial charge is 0.481 e. The van der Waals surface area contributed by atoms with Gasteiger partial charge in [0.25, 0.3) is 0 Å². The first-order chi connectivity index (χ1) is 20.9. The third-order valence-corrected chi connectivity index (χ3v) is 7.46. The number of nitrogens with zero attached hydrogens (tertiary/aromatic N) is 1. The Kier molecular flexibility index (Phi) is 10.9. The zero-order chi connectivity index (χ0) is 33.7. The normalized spacial score (nSPS) is 17.6. The van der Waals surface area contributed by atoms with Crippen LogP contribution in [0.4, 0.5) is 23.2 Å². The molecular weight excluding hydrogens is 602 g/mol. The Morgan fingerprint density at radius 1 is 1.02 bits per heavy atom. The summed E-state index contributed by atoms with van der Waals surface area (Å²) >= 11 is 0. The van der Waals surface area contributed by atoms with Crippen LogP contribution in [0.15, 0.2) is 30.3 Å². The fourth-order valence-corrected chi connectivity index (χ4v) is 5.00. The van der Waals surface area contributed by atoms with Crippen molar-refractivity contribution < 1.29 is 51.4 Å². The lowest BCUT2D eigenvalue weighted by atomic mass is 9.83. The topological polar surface area (TPSA) is 142 Å².